The fraction of sp³-hybridized carbons (Fsp3) is 0.190. The quantitative estimate of drug-likeness (QED) is 0.567. The smallest absolute Gasteiger partial charge is 0.264 e. The maximum Gasteiger partial charge on any atom is 0.264 e. The molecule has 3 heteroatoms. The van der Waals surface area contributed by atoms with Gasteiger partial charge in [0.05, 0.1) is 10.9 Å². The van der Waals surface area contributed by atoms with Crippen LogP contribution in [0.5, 0.6) is 0 Å². The molecule has 1 atom stereocenters. The molecule has 1 heterocycles. The highest BCUT2D eigenvalue weighted by molar-refractivity contribution is 7.20. The molecular formula is C21H21NOS. The highest BCUT2D eigenvalue weighted by Crippen LogP contribution is 2.29. The number of carbonyl (C=O) groups is 1. The third kappa shape index (κ3) is 3.13. The van der Waals surface area contributed by atoms with Crippen molar-refractivity contribution in [1.82, 2.24) is 4.90 Å². The predicted octanol–water partition coefficient (Wildman–Crippen LogP) is 5.46. The Bertz CT molecular complexity index is 847. The normalized spacial score (nSPS) is 12.1. The second-order valence-electron chi connectivity index (χ2n) is 5.93. The first-order valence-corrected chi connectivity index (χ1v) is 8.88. The molecule has 0 radical (unpaired) electrons. The van der Waals surface area contributed by atoms with Gasteiger partial charge >= 0.3 is 0 Å². The number of rotatable bonds is 5. The summed E-state index contributed by atoms with van der Waals surface area (Å²) in [5.41, 5.74) is 2.39. The van der Waals surface area contributed by atoms with Gasteiger partial charge in [0.1, 0.15) is 0 Å². The van der Waals surface area contributed by atoms with Crippen LogP contribution >= 0.6 is 11.3 Å². The van der Waals surface area contributed by atoms with Gasteiger partial charge in [0.25, 0.3) is 5.91 Å². The van der Waals surface area contributed by atoms with E-state index >= 15 is 0 Å². The Kier molecular flexibility index (Phi) is 4.81. The van der Waals surface area contributed by atoms with Crippen LogP contribution in [0.2, 0.25) is 0 Å². The molecule has 0 saturated carbocycles. The van der Waals surface area contributed by atoms with Gasteiger partial charge in [-0.1, -0.05) is 48.5 Å². The highest BCUT2D eigenvalue weighted by atomic mass is 32.1. The van der Waals surface area contributed by atoms with E-state index in [9.17, 15) is 4.79 Å². The van der Waals surface area contributed by atoms with Crippen LogP contribution in [-0.4, -0.2) is 17.9 Å². The number of allylic oxidation sites excluding steroid dienone is 1. The number of hydrogen-bond donors (Lipinski definition) is 0. The average Bonchev–Trinajstić information content (AvgIpc) is 3.04. The van der Waals surface area contributed by atoms with Crippen LogP contribution < -0.4 is 0 Å². The summed E-state index contributed by atoms with van der Waals surface area (Å²) in [5, 5.41) is 1.12. The minimum atomic E-state index is 0.0128. The number of fused-ring (bicyclic) bond motifs is 1. The Morgan fingerprint density at radius 2 is 1.92 bits per heavy atom. The molecule has 0 bridgehead atoms. The maximum absolute atomic E-state index is 12.9. The van der Waals surface area contributed by atoms with Crippen LogP contribution in [0.1, 0.15) is 33.8 Å². The van der Waals surface area contributed by atoms with Gasteiger partial charge in [0, 0.05) is 11.7 Å². The van der Waals surface area contributed by atoms with Crippen LogP contribution in [0.3, 0.4) is 0 Å². The Morgan fingerprint density at radius 3 is 2.67 bits per heavy atom. The molecule has 1 unspecified atom stereocenters. The van der Waals surface area contributed by atoms with Crippen LogP contribution in [0.4, 0.5) is 0 Å². The van der Waals surface area contributed by atoms with Crippen molar-refractivity contribution >= 4 is 27.3 Å². The van der Waals surface area contributed by atoms with E-state index in [4.69, 9.17) is 0 Å². The van der Waals surface area contributed by atoms with E-state index in [0.29, 0.717) is 0 Å². The van der Waals surface area contributed by atoms with Crippen molar-refractivity contribution < 1.29 is 4.79 Å². The van der Waals surface area contributed by atoms with E-state index in [0.717, 1.165) is 21.4 Å². The van der Waals surface area contributed by atoms with Crippen molar-refractivity contribution in [3.8, 4) is 0 Å². The number of thiophene rings is 1. The van der Waals surface area contributed by atoms with Gasteiger partial charge in [-0.25, -0.2) is 0 Å². The van der Waals surface area contributed by atoms with Gasteiger partial charge in [0.15, 0.2) is 0 Å². The summed E-state index contributed by atoms with van der Waals surface area (Å²) < 4.78 is 1.15. The van der Waals surface area contributed by atoms with Gasteiger partial charge < -0.3 is 4.90 Å². The molecule has 1 aromatic heterocycles. The molecule has 0 N–H and O–H groups in total. The Hall–Kier alpha value is -2.39. The number of amides is 1. The Labute approximate surface area is 147 Å². The van der Waals surface area contributed by atoms with E-state index in [1.165, 1.54) is 11.1 Å². The highest BCUT2D eigenvalue weighted by Gasteiger charge is 2.22. The molecule has 3 rings (SSSR count). The summed E-state index contributed by atoms with van der Waals surface area (Å²) in [6.07, 6.45) is 2.71. The summed E-state index contributed by atoms with van der Waals surface area (Å²) in [6, 6.07) is 18.4. The number of benzene rings is 2. The minimum absolute atomic E-state index is 0.0128. The predicted molar refractivity (Wildman–Crippen MR) is 103 cm³/mol. The topological polar surface area (TPSA) is 20.3 Å². The van der Waals surface area contributed by atoms with Gasteiger partial charge in [-0.05, 0) is 42.0 Å². The van der Waals surface area contributed by atoms with Crippen molar-refractivity contribution in [2.75, 3.05) is 7.05 Å². The molecule has 2 aromatic carbocycles. The van der Waals surface area contributed by atoms with Crippen LogP contribution in [0.25, 0.3) is 10.1 Å². The van der Waals surface area contributed by atoms with Gasteiger partial charge in [-0.3, -0.25) is 4.79 Å². The van der Waals surface area contributed by atoms with Crippen LogP contribution in [0.15, 0.2) is 67.3 Å². The molecule has 24 heavy (non-hydrogen) atoms. The summed E-state index contributed by atoms with van der Waals surface area (Å²) >= 11 is 1.55. The average molecular weight is 335 g/mol. The summed E-state index contributed by atoms with van der Waals surface area (Å²) in [6.45, 7) is 5.91. The molecule has 2 nitrogen and oxygen atoms in total. The number of hydrogen-bond acceptors (Lipinski definition) is 2. The van der Waals surface area contributed by atoms with E-state index in [-0.39, 0.29) is 11.9 Å². The zero-order chi connectivity index (χ0) is 17.1. The lowest BCUT2D eigenvalue weighted by atomic mass is 9.98. The van der Waals surface area contributed by atoms with Crippen molar-refractivity contribution in [3.05, 3.63) is 83.3 Å². The lowest BCUT2D eigenvalue weighted by Crippen LogP contribution is -2.29. The second-order valence-corrected chi connectivity index (χ2v) is 7.02. The third-order valence-corrected chi connectivity index (χ3v) is 5.51. The standard InChI is InChI=1S/C21H21NOS/c1-4-9-16-10-5-7-12-18(16)15(2)22(3)21(23)20-14-17-11-6-8-13-19(17)24-20/h4-8,10-15H,1,9H2,2-3H3. The Balaban J connectivity index is 1.88. The molecule has 1 amide bonds. The number of carbonyl (C=O) groups excluding carboxylic acids is 1. The molecule has 0 aliphatic carbocycles. The van der Waals surface area contributed by atoms with Crippen LogP contribution in [0, 0.1) is 0 Å². The van der Waals surface area contributed by atoms with E-state index < -0.39 is 0 Å². The fourth-order valence-electron chi connectivity index (χ4n) is 2.93. The van der Waals surface area contributed by atoms with Crippen LogP contribution in [-0.2, 0) is 6.42 Å². The van der Waals surface area contributed by atoms with Gasteiger partial charge in [0.2, 0.25) is 0 Å². The van der Waals surface area contributed by atoms with Gasteiger partial charge in [-0.2, -0.15) is 0 Å². The molecule has 3 aromatic rings. The zero-order valence-corrected chi connectivity index (χ0v) is 14.8. The molecule has 0 saturated heterocycles. The van der Waals surface area contributed by atoms with Crippen molar-refractivity contribution in [2.45, 2.75) is 19.4 Å². The van der Waals surface area contributed by atoms with E-state index in [2.05, 4.69) is 31.7 Å². The molecule has 0 fully saturated rings. The zero-order valence-electron chi connectivity index (χ0n) is 14.0. The minimum Gasteiger partial charge on any atom is -0.334 e. The summed E-state index contributed by atoms with van der Waals surface area (Å²) in [7, 11) is 1.88. The molecule has 122 valence electrons. The molecule has 0 aliphatic heterocycles. The molecule has 0 spiro atoms. The lowest BCUT2D eigenvalue weighted by molar-refractivity contribution is 0.0747. The third-order valence-electron chi connectivity index (χ3n) is 4.41. The first-order chi connectivity index (χ1) is 11.6. The van der Waals surface area contributed by atoms with E-state index in [1.54, 1.807) is 11.3 Å². The van der Waals surface area contributed by atoms with E-state index in [1.807, 2.05) is 54.4 Å². The summed E-state index contributed by atoms with van der Waals surface area (Å²) in [4.78, 5) is 15.5. The van der Waals surface area contributed by atoms with Crippen molar-refractivity contribution in [1.29, 1.82) is 0 Å². The van der Waals surface area contributed by atoms with Crippen molar-refractivity contribution in [3.63, 3.8) is 0 Å². The van der Waals surface area contributed by atoms with Gasteiger partial charge in [-0.15, -0.1) is 17.9 Å². The SMILES string of the molecule is C=CCc1ccccc1C(C)N(C)C(=O)c1cc2ccccc2s1. The summed E-state index contributed by atoms with van der Waals surface area (Å²) in [5.74, 6) is 0.0668. The fourth-order valence-corrected chi connectivity index (χ4v) is 3.97. The van der Waals surface area contributed by atoms with Crippen molar-refractivity contribution in [2.24, 2.45) is 0 Å². The molecule has 0 aliphatic rings. The monoisotopic (exact) mass is 335 g/mol. The first-order valence-electron chi connectivity index (χ1n) is 8.06. The Morgan fingerprint density at radius 1 is 1.21 bits per heavy atom. The number of nitrogens with zero attached hydrogens (tertiary/aromatic N) is 1. The largest absolute Gasteiger partial charge is 0.334 e. The second kappa shape index (κ2) is 7.02. The first kappa shape index (κ1) is 16.5. The lowest BCUT2D eigenvalue weighted by Gasteiger charge is -2.26. The molecular weight excluding hydrogens is 314 g/mol. The maximum atomic E-state index is 12.9.